The normalized spacial score (nSPS) is 11.2. The first-order chi connectivity index (χ1) is 8.61. The zero-order valence-electron chi connectivity index (χ0n) is 9.31. The van der Waals surface area contributed by atoms with E-state index in [1.165, 1.54) is 0 Å². The molecule has 0 bridgehead atoms. The van der Waals surface area contributed by atoms with Gasteiger partial charge in [-0.25, -0.2) is 17.9 Å². The molecule has 0 aliphatic carbocycles. The van der Waals surface area contributed by atoms with Crippen molar-refractivity contribution in [3.8, 4) is 0 Å². The molecule has 11 heteroatoms. The number of rotatable bonds is 3. The third-order valence-corrected chi connectivity index (χ3v) is 3.02. The Hall–Kier alpha value is -2.14. The van der Waals surface area contributed by atoms with Crippen molar-refractivity contribution in [1.29, 1.82) is 0 Å². The van der Waals surface area contributed by atoms with Crippen molar-refractivity contribution in [1.82, 2.24) is 5.32 Å². The number of nitrogens with zero attached hydrogens (tertiary/aromatic N) is 1. The Morgan fingerprint density at radius 2 is 1.95 bits per heavy atom. The lowest BCUT2D eigenvalue weighted by Crippen LogP contribution is -2.24. The van der Waals surface area contributed by atoms with E-state index in [1.54, 1.807) is 0 Å². The second-order valence-corrected chi connectivity index (χ2v) is 4.81. The van der Waals surface area contributed by atoms with Crippen molar-refractivity contribution in [3.05, 3.63) is 33.4 Å². The van der Waals surface area contributed by atoms with E-state index in [-0.39, 0.29) is 6.07 Å². The Labute approximate surface area is 105 Å². The van der Waals surface area contributed by atoms with Gasteiger partial charge in [-0.05, 0) is 0 Å². The Morgan fingerprint density at radius 3 is 2.32 bits per heavy atom. The summed E-state index contributed by atoms with van der Waals surface area (Å²) < 4.78 is 49.5. The molecule has 1 amide bonds. The average Bonchev–Trinajstić information content (AvgIpc) is 2.26. The molecule has 0 heterocycles. The third kappa shape index (κ3) is 2.66. The van der Waals surface area contributed by atoms with Gasteiger partial charge in [0.15, 0.2) is 5.82 Å². The molecule has 1 aromatic carbocycles. The Bertz CT molecular complexity index is 673. The lowest BCUT2D eigenvalue weighted by molar-refractivity contribution is -0.387. The molecule has 0 aromatic heterocycles. The van der Waals surface area contributed by atoms with E-state index in [0.717, 1.165) is 7.05 Å². The summed E-state index contributed by atoms with van der Waals surface area (Å²) in [5, 5.41) is 17.0. The monoisotopic (exact) mass is 295 g/mol. The van der Waals surface area contributed by atoms with Crippen LogP contribution in [0, 0.1) is 21.7 Å². The standard InChI is InChI=1S/C8H7F2N3O5S/c1-12-8(14)5-6(9)3(13(15)16)2-4(7(5)10)19(11,17)18/h2H,1H3,(H,12,14)(H2,11,17,18). The first kappa shape index (κ1) is 14.9. The van der Waals surface area contributed by atoms with Crippen molar-refractivity contribution < 1.29 is 26.9 Å². The minimum absolute atomic E-state index is 0.117. The average molecular weight is 295 g/mol. The topological polar surface area (TPSA) is 132 Å². The van der Waals surface area contributed by atoms with Crippen molar-refractivity contribution in [2.24, 2.45) is 5.14 Å². The second-order valence-electron chi connectivity index (χ2n) is 3.28. The molecule has 0 saturated carbocycles. The van der Waals surface area contributed by atoms with E-state index in [0.29, 0.717) is 0 Å². The van der Waals surface area contributed by atoms with Crippen LogP contribution in [0.2, 0.25) is 0 Å². The molecule has 0 aliphatic heterocycles. The van der Waals surface area contributed by atoms with E-state index in [2.05, 4.69) is 5.14 Å². The van der Waals surface area contributed by atoms with Gasteiger partial charge in [0.25, 0.3) is 5.91 Å². The molecule has 0 atom stereocenters. The smallest absolute Gasteiger partial charge is 0.307 e. The molecule has 8 nitrogen and oxygen atoms in total. The van der Waals surface area contributed by atoms with Crippen molar-refractivity contribution >= 4 is 21.6 Å². The number of sulfonamides is 1. The summed E-state index contributed by atoms with van der Waals surface area (Å²) in [6, 6.07) is 0.117. The zero-order valence-corrected chi connectivity index (χ0v) is 10.1. The maximum absolute atomic E-state index is 13.7. The molecule has 104 valence electrons. The Morgan fingerprint density at radius 1 is 1.42 bits per heavy atom. The number of nitro groups is 1. The molecule has 0 radical (unpaired) electrons. The Kier molecular flexibility index (Phi) is 3.81. The molecule has 1 aromatic rings. The summed E-state index contributed by atoms with van der Waals surface area (Å²) in [5.74, 6) is -4.93. The first-order valence-corrected chi connectivity index (χ1v) is 6.07. The number of carbonyl (C=O) groups is 1. The highest BCUT2D eigenvalue weighted by Crippen LogP contribution is 2.28. The van der Waals surface area contributed by atoms with Crippen LogP contribution in [0.15, 0.2) is 11.0 Å². The van der Waals surface area contributed by atoms with E-state index >= 15 is 0 Å². The highest BCUT2D eigenvalue weighted by atomic mass is 32.2. The number of hydrogen-bond donors (Lipinski definition) is 2. The molecular weight excluding hydrogens is 288 g/mol. The van der Waals surface area contributed by atoms with E-state index in [1.807, 2.05) is 5.32 Å². The number of primary sulfonamides is 1. The van der Waals surface area contributed by atoms with E-state index < -0.39 is 48.6 Å². The number of nitro benzene ring substituents is 1. The van der Waals surface area contributed by atoms with Gasteiger partial charge in [0.1, 0.15) is 10.5 Å². The number of carbonyl (C=O) groups excluding carboxylic acids is 1. The molecule has 0 saturated heterocycles. The van der Waals surface area contributed by atoms with E-state index in [4.69, 9.17) is 0 Å². The van der Waals surface area contributed by atoms with Crippen LogP contribution < -0.4 is 10.5 Å². The fourth-order valence-electron chi connectivity index (χ4n) is 1.26. The minimum Gasteiger partial charge on any atom is -0.355 e. The highest BCUT2D eigenvalue weighted by Gasteiger charge is 2.32. The zero-order chi connectivity index (χ0) is 15.0. The van der Waals surface area contributed by atoms with E-state index in [9.17, 15) is 32.1 Å². The van der Waals surface area contributed by atoms with Gasteiger partial charge in [0.05, 0.1) is 4.92 Å². The van der Waals surface area contributed by atoms with Crippen LogP contribution >= 0.6 is 0 Å². The first-order valence-electron chi connectivity index (χ1n) is 4.52. The van der Waals surface area contributed by atoms with Gasteiger partial charge in [-0.15, -0.1) is 0 Å². The van der Waals surface area contributed by atoms with Crippen LogP contribution in [0.1, 0.15) is 10.4 Å². The minimum atomic E-state index is -4.70. The summed E-state index contributed by atoms with van der Waals surface area (Å²) in [6.45, 7) is 0. The lowest BCUT2D eigenvalue weighted by atomic mass is 10.1. The van der Waals surface area contributed by atoms with Crippen LogP contribution in [0.4, 0.5) is 14.5 Å². The fourth-order valence-corrected chi connectivity index (χ4v) is 1.89. The molecular formula is C8H7F2N3O5S. The van der Waals surface area contributed by atoms with Crippen molar-refractivity contribution in [2.75, 3.05) is 7.05 Å². The summed E-state index contributed by atoms with van der Waals surface area (Å²) in [5.41, 5.74) is -2.76. The van der Waals surface area contributed by atoms with Crippen molar-refractivity contribution in [3.63, 3.8) is 0 Å². The predicted molar refractivity (Wildman–Crippen MR) is 57.8 cm³/mol. The number of nitrogens with one attached hydrogen (secondary N) is 1. The van der Waals surface area contributed by atoms with Gasteiger partial charge >= 0.3 is 5.69 Å². The number of nitrogens with two attached hydrogens (primary N) is 1. The third-order valence-electron chi connectivity index (χ3n) is 2.11. The fraction of sp³-hybridized carbons (Fsp3) is 0.125. The van der Waals surface area contributed by atoms with Crippen molar-refractivity contribution in [2.45, 2.75) is 4.90 Å². The largest absolute Gasteiger partial charge is 0.355 e. The highest BCUT2D eigenvalue weighted by molar-refractivity contribution is 7.89. The second kappa shape index (κ2) is 4.85. The van der Waals surface area contributed by atoms with Crippen LogP contribution in [0.3, 0.4) is 0 Å². The quantitative estimate of drug-likeness (QED) is 0.592. The molecule has 1 rings (SSSR count). The maximum atomic E-state index is 13.7. The van der Waals surface area contributed by atoms with Gasteiger partial charge in [0.2, 0.25) is 15.8 Å². The molecule has 0 aliphatic rings. The van der Waals surface area contributed by atoms with Crippen LogP contribution in [0.5, 0.6) is 0 Å². The predicted octanol–water partition coefficient (Wildman–Crippen LogP) is -0.120. The lowest BCUT2D eigenvalue weighted by Gasteiger charge is -2.07. The number of halogens is 2. The van der Waals surface area contributed by atoms with Gasteiger partial charge in [-0.1, -0.05) is 0 Å². The van der Waals surface area contributed by atoms with Gasteiger partial charge in [-0.2, -0.15) is 4.39 Å². The molecule has 0 unspecified atom stereocenters. The maximum Gasteiger partial charge on any atom is 0.307 e. The molecule has 3 N–H and O–H groups in total. The van der Waals surface area contributed by atoms with Gasteiger partial charge in [0, 0.05) is 13.1 Å². The summed E-state index contributed by atoms with van der Waals surface area (Å²) in [4.78, 5) is 19.2. The molecule has 0 fully saturated rings. The summed E-state index contributed by atoms with van der Waals surface area (Å²) >= 11 is 0. The number of hydrogen-bond acceptors (Lipinski definition) is 5. The van der Waals surface area contributed by atoms with Gasteiger partial charge < -0.3 is 5.32 Å². The Balaban J connectivity index is 3.87. The molecule has 0 spiro atoms. The van der Waals surface area contributed by atoms with Crippen LogP contribution in [0.25, 0.3) is 0 Å². The summed E-state index contributed by atoms with van der Waals surface area (Å²) in [6.07, 6.45) is 0. The number of benzene rings is 1. The molecule has 19 heavy (non-hydrogen) atoms. The van der Waals surface area contributed by atoms with Gasteiger partial charge in [-0.3, -0.25) is 14.9 Å². The summed E-state index contributed by atoms with van der Waals surface area (Å²) in [7, 11) is -3.69. The van der Waals surface area contributed by atoms with Crippen LogP contribution in [-0.2, 0) is 10.0 Å². The van der Waals surface area contributed by atoms with Crippen LogP contribution in [-0.4, -0.2) is 26.3 Å². The number of amides is 1. The SMILES string of the molecule is CNC(=O)c1c(F)c([N+](=O)[O-])cc(S(N)(=O)=O)c1F.